The minimum atomic E-state index is -0.691. The Morgan fingerprint density at radius 2 is 1.39 bits per heavy atom. The molecular formula is C23H20FNO3. The third kappa shape index (κ3) is 4.43. The molecule has 0 aliphatic rings. The number of hydrogen-bond donors (Lipinski definition) is 0. The number of amides is 1. The number of ketones is 1. The Labute approximate surface area is 163 Å². The second-order valence-corrected chi connectivity index (χ2v) is 6.35. The van der Waals surface area contributed by atoms with Crippen LogP contribution >= 0.6 is 0 Å². The summed E-state index contributed by atoms with van der Waals surface area (Å²) >= 11 is 0. The van der Waals surface area contributed by atoms with E-state index in [1.165, 1.54) is 29.2 Å². The molecule has 0 heterocycles. The number of para-hydroxylation sites is 1. The van der Waals surface area contributed by atoms with E-state index in [0.29, 0.717) is 16.9 Å². The van der Waals surface area contributed by atoms with Gasteiger partial charge >= 0.3 is 0 Å². The standard InChI is InChI=1S/C23H20FNO3/c1-16(23(27)25(2)20-6-4-3-5-7-20)28-21-14-10-18(11-15-21)22(26)17-8-12-19(24)13-9-17/h3-16H,1-2H3/t16-/m1/s1. The topological polar surface area (TPSA) is 46.6 Å². The molecule has 0 aliphatic heterocycles. The van der Waals surface area contributed by atoms with Crippen LogP contribution in [0.15, 0.2) is 78.9 Å². The summed E-state index contributed by atoms with van der Waals surface area (Å²) in [5, 5.41) is 0. The first-order chi connectivity index (χ1) is 13.5. The molecule has 142 valence electrons. The van der Waals surface area contributed by atoms with Crippen LogP contribution in [-0.4, -0.2) is 24.8 Å². The van der Waals surface area contributed by atoms with Gasteiger partial charge in [0, 0.05) is 23.9 Å². The van der Waals surface area contributed by atoms with Gasteiger partial charge in [-0.2, -0.15) is 0 Å². The summed E-state index contributed by atoms with van der Waals surface area (Å²) in [6.45, 7) is 1.68. The Bertz CT molecular complexity index is 953. The van der Waals surface area contributed by atoms with E-state index in [2.05, 4.69) is 0 Å². The maximum atomic E-state index is 13.0. The lowest BCUT2D eigenvalue weighted by Gasteiger charge is -2.22. The molecule has 28 heavy (non-hydrogen) atoms. The molecular weight excluding hydrogens is 357 g/mol. The Hall–Kier alpha value is -3.47. The molecule has 0 saturated heterocycles. The Morgan fingerprint density at radius 1 is 0.857 bits per heavy atom. The molecule has 0 N–H and O–H groups in total. The highest BCUT2D eigenvalue weighted by molar-refractivity contribution is 6.09. The molecule has 3 aromatic carbocycles. The maximum Gasteiger partial charge on any atom is 0.267 e. The van der Waals surface area contributed by atoms with Gasteiger partial charge in [0.25, 0.3) is 5.91 Å². The number of likely N-dealkylation sites (N-methyl/N-ethyl adjacent to an activating group) is 1. The van der Waals surface area contributed by atoms with Crippen molar-refractivity contribution in [3.63, 3.8) is 0 Å². The van der Waals surface area contributed by atoms with E-state index < -0.39 is 6.10 Å². The van der Waals surface area contributed by atoms with E-state index in [1.807, 2.05) is 30.3 Å². The number of ether oxygens (including phenoxy) is 1. The van der Waals surface area contributed by atoms with Crippen LogP contribution < -0.4 is 9.64 Å². The van der Waals surface area contributed by atoms with Crippen LogP contribution in [0.25, 0.3) is 0 Å². The van der Waals surface area contributed by atoms with Crippen LogP contribution in [0.4, 0.5) is 10.1 Å². The van der Waals surface area contributed by atoms with Gasteiger partial charge in [0.2, 0.25) is 0 Å². The van der Waals surface area contributed by atoms with E-state index in [4.69, 9.17) is 4.74 Å². The summed E-state index contributed by atoms with van der Waals surface area (Å²) in [5.74, 6) is -0.297. The smallest absolute Gasteiger partial charge is 0.267 e. The largest absolute Gasteiger partial charge is 0.481 e. The predicted molar refractivity (Wildman–Crippen MR) is 106 cm³/mol. The van der Waals surface area contributed by atoms with Crippen LogP contribution in [0, 0.1) is 5.82 Å². The maximum absolute atomic E-state index is 13.0. The summed E-state index contributed by atoms with van der Waals surface area (Å²) in [7, 11) is 1.70. The molecule has 0 radical (unpaired) electrons. The molecule has 4 nitrogen and oxygen atoms in total. The zero-order chi connectivity index (χ0) is 20.1. The fourth-order valence-electron chi connectivity index (χ4n) is 2.76. The van der Waals surface area contributed by atoms with E-state index in [9.17, 15) is 14.0 Å². The van der Waals surface area contributed by atoms with Crippen LogP contribution in [0.2, 0.25) is 0 Å². The van der Waals surface area contributed by atoms with E-state index in [-0.39, 0.29) is 17.5 Å². The van der Waals surface area contributed by atoms with Crippen molar-refractivity contribution in [1.29, 1.82) is 0 Å². The highest BCUT2D eigenvalue weighted by atomic mass is 19.1. The predicted octanol–water partition coefficient (Wildman–Crippen LogP) is 4.49. The summed E-state index contributed by atoms with van der Waals surface area (Å²) in [6.07, 6.45) is -0.691. The first-order valence-corrected chi connectivity index (χ1v) is 8.85. The number of anilines is 1. The molecule has 1 atom stereocenters. The lowest BCUT2D eigenvalue weighted by Crippen LogP contribution is -2.37. The second-order valence-electron chi connectivity index (χ2n) is 6.35. The summed E-state index contributed by atoms with van der Waals surface area (Å²) in [6, 6.07) is 21.2. The van der Waals surface area contributed by atoms with Gasteiger partial charge in [0.1, 0.15) is 11.6 Å². The third-order valence-electron chi connectivity index (χ3n) is 4.36. The van der Waals surface area contributed by atoms with Crippen LogP contribution in [-0.2, 0) is 4.79 Å². The van der Waals surface area contributed by atoms with Gasteiger partial charge in [0.05, 0.1) is 0 Å². The number of carbonyl (C=O) groups excluding carboxylic acids is 2. The molecule has 3 aromatic rings. The molecule has 0 aliphatic carbocycles. The fourth-order valence-corrected chi connectivity index (χ4v) is 2.76. The van der Waals surface area contributed by atoms with Crippen molar-refractivity contribution in [3.05, 3.63) is 95.8 Å². The second kappa shape index (κ2) is 8.48. The van der Waals surface area contributed by atoms with Gasteiger partial charge in [-0.15, -0.1) is 0 Å². The molecule has 3 rings (SSSR count). The molecule has 0 aromatic heterocycles. The van der Waals surface area contributed by atoms with Crippen molar-refractivity contribution in [1.82, 2.24) is 0 Å². The lowest BCUT2D eigenvalue weighted by molar-refractivity contribution is -0.124. The molecule has 5 heteroatoms. The average Bonchev–Trinajstić information content (AvgIpc) is 2.74. The number of rotatable bonds is 6. The molecule has 0 fully saturated rings. The van der Waals surface area contributed by atoms with Crippen molar-refractivity contribution in [3.8, 4) is 5.75 Å². The normalized spacial score (nSPS) is 11.5. The van der Waals surface area contributed by atoms with Gasteiger partial charge in [-0.1, -0.05) is 18.2 Å². The average molecular weight is 377 g/mol. The molecule has 0 saturated carbocycles. The Morgan fingerprint density at radius 3 is 1.96 bits per heavy atom. The zero-order valence-corrected chi connectivity index (χ0v) is 15.6. The highest BCUT2D eigenvalue weighted by Crippen LogP contribution is 2.19. The Kier molecular flexibility index (Phi) is 5.84. The highest BCUT2D eigenvalue weighted by Gasteiger charge is 2.20. The SMILES string of the molecule is C[C@@H](Oc1ccc(C(=O)c2ccc(F)cc2)cc1)C(=O)N(C)c1ccccc1. The summed E-state index contributed by atoms with van der Waals surface area (Å²) in [5.41, 5.74) is 1.64. The zero-order valence-electron chi connectivity index (χ0n) is 15.6. The van der Waals surface area contributed by atoms with Crippen molar-refractivity contribution >= 4 is 17.4 Å². The number of benzene rings is 3. The van der Waals surface area contributed by atoms with Gasteiger partial charge in [-0.3, -0.25) is 9.59 Å². The number of halogens is 1. The summed E-state index contributed by atoms with van der Waals surface area (Å²) in [4.78, 5) is 26.5. The number of carbonyl (C=O) groups is 2. The Balaban J connectivity index is 1.65. The lowest BCUT2D eigenvalue weighted by atomic mass is 10.0. The fraction of sp³-hybridized carbons (Fsp3) is 0.130. The number of nitrogens with zero attached hydrogens (tertiary/aromatic N) is 1. The van der Waals surface area contributed by atoms with Crippen molar-refractivity contribution in [2.75, 3.05) is 11.9 Å². The molecule has 1 amide bonds. The molecule has 0 spiro atoms. The van der Waals surface area contributed by atoms with Gasteiger partial charge in [-0.25, -0.2) is 4.39 Å². The van der Waals surface area contributed by atoms with Crippen LogP contribution in [0.1, 0.15) is 22.8 Å². The van der Waals surface area contributed by atoms with E-state index >= 15 is 0 Å². The first-order valence-electron chi connectivity index (χ1n) is 8.85. The minimum Gasteiger partial charge on any atom is -0.481 e. The van der Waals surface area contributed by atoms with E-state index in [1.54, 1.807) is 38.2 Å². The third-order valence-corrected chi connectivity index (χ3v) is 4.36. The van der Waals surface area contributed by atoms with Gasteiger partial charge in [0.15, 0.2) is 11.9 Å². The van der Waals surface area contributed by atoms with Crippen molar-refractivity contribution < 1.29 is 18.7 Å². The monoisotopic (exact) mass is 377 g/mol. The van der Waals surface area contributed by atoms with E-state index in [0.717, 1.165) is 5.69 Å². The molecule has 0 unspecified atom stereocenters. The van der Waals surface area contributed by atoms with Crippen LogP contribution in [0.3, 0.4) is 0 Å². The first kappa shape index (κ1) is 19.3. The van der Waals surface area contributed by atoms with Crippen LogP contribution in [0.5, 0.6) is 5.75 Å². The minimum absolute atomic E-state index is 0.183. The van der Waals surface area contributed by atoms with Crippen molar-refractivity contribution in [2.24, 2.45) is 0 Å². The molecule has 0 bridgehead atoms. The van der Waals surface area contributed by atoms with Gasteiger partial charge < -0.3 is 9.64 Å². The summed E-state index contributed by atoms with van der Waals surface area (Å²) < 4.78 is 18.7. The quantitative estimate of drug-likeness (QED) is 0.595. The van der Waals surface area contributed by atoms with Gasteiger partial charge in [-0.05, 0) is 67.6 Å². The van der Waals surface area contributed by atoms with Crippen molar-refractivity contribution in [2.45, 2.75) is 13.0 Å². The number of hydrogen-bond acceptors (Lipinski definition) is 3.